The fourth-order valence-electron chi connectivity index (χ4n) is 0. The number of aliphatic hydroxyl groups excluding tert-OH is 1. The number of rotatable bonds is 0. The van der Waals surface area contributed by atoms with Crippen LogP contribution in [0.1, 0.15) is 20.8 Å². The van der Waals surface area contributed by atoms with Gasteiger partial charge in [-0.05, 0) is 20.8 Å². The highest BCUT2D eigenvalue weighted by molar-refractivity contribution is 4.78. The van der Waals surface area contributed by atoms with Crippen LogP contribution in [-0.4, -0.2) is 5.11 Å². The van der Waals surface area contributed by atoms with E-state index in [-0.39, 0.29) is 0 Å². The van der Waals surface area contributed by atoms with E-state index in [4.69, 9.17) is 5.11 Å². The zero-order valence-corrected chi connectivity index (χ0v) is 5.81. The summed E-state index contributed by atoms with van der Waals surface area (Å²) >= 11 is 0. The molecule has 1 nitrogen and oxygen atoms in total. The van der Waals surface area contributed by atoms with E-state index in [1.807, 2.05) is 13.8 Å². The maximum absolute atomic E-state index is 7.69. The van der Waals surface area contributed by atoms with Crippen molar-refractivity contribution < 1.29 is 5.11 Å². The van der Waals surface area contributed by atoms with E-state index >= 15 is 0 Å². The molecule has 48 valence electrons. The second-order valence-electron chi connectivity index (χ2n) is 1.69. The summed E-state index contributed by atoms with van der Waals surface area (Å²) in [4.78, 5) is 0. The Hall–Kier alpha value is -0.720. The molecule has 0 aliphatic carbocycles. The van der Waals surface area contributed by atoms with Gasteiger partial charge in [0.15, 0.2) is 0 Å². The fourth-order valence-corrected chi connectivity index (χ4v) is 0. The monoisotopic (exact) mass is 114 g/mol. The average molecular weight is 114 g/mol. The lowest BCUT2D eigenvalue weighted by Gasteiger charge is -1.65. The zero-order valence-electron chi connectivity index (χ0n) is 5.81. The van der Waals surface area contributed by atoms with Gasteiger partial charge < -0.3 is 5.11 Å². The van der Waals surface area contributed by atoms with Gasteiger partial charge in [0.05, 0.1) is 6.26 Å². The minimum absolute atomic E-state index is 1.00. The molecule has 0 aliphatic rings. The topological polar surface area (TPSA) is 20.2 Å². The first-order chi connectivity index (χ1) is 3.65. The van der Waals surface area contributed by atoms with E-state index in [1.54, 1.807) is 13.0 Å². The Balaban J connectivity index is 0. The first-order valence-corrected chi connectivity index (χ1v) is 2.52. The highest BCUT2D eigenvalue weighted by Crippen LogP contribution is 1.73. The number of hydrogen-bond acceptors (Lipinski definition) is 1. The van der Waals surface area contributed by atoms with E-state index < -0.39 is 0 Å². The highest BCUT2D eigenvalue weighted by Gasteiger charge is 1.51. The SMILES string of the molecule is C=C(C)C.CC=CO. The summed E-state index contributed by atoms with van der Waals surface area (Å²) in [6, 6.07) is 0. The van der Waals surface area contributed by atoms with E-state index in [2.05, 4.69) is 6.58 Å². The maximum atomic E-state index is 7.69. The molecular weight excluding hydrogens is 100 g/mol. The van der Waals surface area contributed by atoms with Gasteiger partial charge in [0, 0.05) is 0 Å². The van der Waals surface area contributed by atoms with Crippen LogP contribution < -0.4 is 0 Å². The van der Waals surface area contributed by atoms with Crippen molar-refractivity contribution in [1.29, 1.82) is 0 Å². The molecular formula is C7H14O. The van der Waals surface area contributed by atoms with Crippen LogP contribution in [0.2, 0.25) is 0 Å². The fraction of sp³-hybridized carbons (Fsp3) is 0.429. The molecule has 0 amide bonds. The number of aliphatic hydroxyl groups is 1. The van der Waals surface area contributed by atoms with Gasteiger partial charge in [0.1, 0.15) is 0 Å². The van der Waals surface area contributed by atoms with Gasteiger partial charge in [-0.2, -0.15) is 0 Å². The van der Waals surface area contributed by atoms with Crippen molar-refractivity contribution in [2.45, 2.75) is 20.8 Å². The van der Waals surface area contributed by atoms with E-state index in [0.717, 1.165) is 6.26 Å². The standard InChI is InChI=1S/C4H8.C3H6O/c1-4(2)3;1-2-3-4/h1H2,2-3H3;2-4H,1H3. The summed E-state index contributed by atoms with van der Waals surface area (Å²) in [5.74, 6) is 0. The molecule has 0 aromatic carbocycles. The average Bonchev–Trinajstić information content (AvgIpc) is 1.65. The Labute approximate surface area is 51.3 Å². The lowest BCUT2D eigenvalue weighted by molar-refractivity contribution is 0.472. The Morgan fingerprint density at radius 3 is 1.62 bits per heavy atom. The summed E-state index contributed by atoms with van der Waals surface area (Å²) in [6.07, 6.45) is 2.56. The van der Waals surface area contributed by atoms with Gasteiger partial charge in [-0.1, -0.05) is 11.6 Å². The molecule has 8 heavy (non-hydrogen) atoms. The third-order valence-electron chi connectivity index (χ3n) is 0.149. The molecule has 0 saturated heterocycles. The molecule has 0 spiro atoms. The second kappa shape index (κ2) is 9.56. The van der Waals surface area contributed by atoms with Crippen molar-refractivity contribution in [3.8, 4) is 0 Å². The molecule has 0 saturated carbocycles. The van der Waals surface area contributed by atoms with Crippen LogP contribution in [0.4, 0.5) is 0 Å². The predicted molar refractivity (Wildman–Crippen MR) is 37.9 cm³/mol. The Kier molecular flexibility index (Phi) is 12.3. The van der Waals surface area contributed by atoms with Crippen LogP contribution in [0, 0.1) is 0 Å². The largest absolute Gasteiger partial charge is 0.516 e. The third-order valence-corrected chi connectivity index (χ3v) is 0.149. The first kappa shape index (κ1) is 10.3. The lowest BCUT2D eigenvalue weighted by Crippen LogP contribution is -1.43. The van der Waals surface area contributed by atoms with Crippen LogP contribution in [0.5, 0.6) is 0 Å². The number of hydrogen-bond donors (Lipinski definition) is 1. The molecule has 1 heteroatoms. The van der Waals surface area contributed by atoms with E-state index in [1.165, 1.54) is 5.57 Å². The van der Waals surface area contributed by atoms with Crippen molar-refractivity contribution in [2.24, 2.45) is 0 Å². The van der Waals surface area contributed by atoms with Gasteiger partial charge in [0.2, 0.25) is 0 Å². The third kappa shape index (κ3) is 1230. The molecule has 0 heterocycles. The van der Waals surface area contributed by atoms with E-state index in [0.29, 0.717) is 0 Å². The summed E-state index contributed by atoms with van der Waals surface area (Å²) in [5.41, 5.74) is 1.17. The van der Waals surface area contributed by atoms with Crippen molar-refractivity contribution in [2.75, 3.05) is 0 Å². The molecule has 0 rings (SSSR count). The minimum atomic E-state index is 1.00. The first-order valence-electron chi connectivity index (χ1n) is 2.52. The van der Waals surface area contributed by atoms with Crippen LogP contribution in [0.15, 0.2) is 24.5 Å². The van der Waals surface area contributed by atoms with Gasteiger partial charge in [0.25, 0.3) is 0 Å². The molecule has 0 fully saturated rings. The van der Waals surface area contributed by atoms with Gasteiger partial charge in [-0.25, -0.2) is 0 Å². The lowest BCUT2D eigenvalue weighted by atomic mass is 10.4. The molecule has 0 bridgehead atoms. The van der Waals surface area contributed by atoms with Crippen LogP contribution in [0.3, 0.4) is 0 Å². The van der Waals surface area contributed by atoms with Crippen LogP contribution >= 0.6 is 0 Å². The normalized spacial score (nSPS) is 7.88. The van der Waals surface area contributed by atoms with Gasteiger partial charge in [-0.15, -0.1) is 6.58 Å². The molecule has 0 unspecified atom stereocenters. The molecule has 0 aromatic heterocycles. The smallest absolute Gasteiger partial charge is 0.0748 e. The quantitative estimate of drug-likeness (QED) is 0.379. The molecule has 1 N–H and O–H groups in total. The van der Waals surface area contributed by atoms with Crippen molar-refractivity contribution in [1.82, 2.24) is 0 Å². The summed E-state index contributed by atoms with van der Waals surface area (Å²) in [7, 11) is 0. The highest BCUT2D eigenvalue weighted by atomic mass is 16.2. The van der Waals surface area contributed by atoms with E-state index in [9.17, 15) is 0 Å². The Bertz CT molecular complexity index is 64.5. The zero-order chi connectivity index (χ0) is 6.99. The summed E-state index contributed by atoms with van der Waals surface area (Å²) in [6.45, 7) is 9.25. The number of allylic oxidation sites excluding steroid dienone is 2. The van der Waals surface area contributed by atoms with Gasteiger partial charge >= 0.3 is 0 Å². The Morgan fingerprint density at radius 1 is 1.50 bits per heavy atom. The molecule has 0 aromatic rings. The van der Waals surface area contributed by atoms with Crippen molar-refractivity contribution in [3.05, 3.63) is 24.5 Å². The van der Waals surface area contributed by atoms with Crippen LogP contribution in [-0.2, 0) is 0 Å². The molecule has 0 radical (unpaired) electrons. The van der Waals surface area contributed by atoms with Gasteiger partial charge in [-0.3, -0.25) is 0 Å². The predicted octanol–water partition coefficient (Wildman–Crippen LogP) is 2.66. The minimum Gasteiger partial charge on any atom is -0.516 e. The van der Waals surface area contributed by atoms with Crippen molar-refractivity contribution in [3.63, 3.8) is 0 Å². The maximum Gasteiger partial charge on any atom is 0.0748 e. The summed E-state index contributed by atoms with van der Waals surface area (Å²) < 4.78 is 0. The van der Waals surface area contributed by atoms with Crippen LogP contribution in [0.25, 0.3) is 0 Å². The Morgan fingerprint density at radius 2 is 1.62 bits per heavy atom. The summed E-state index contributed by atoms with van der Waals surface area (Å²) in [5, 5.41) is 7.69. The van der Waals surface area contributed by atoms with Crippen molar-refractivity contribution >= 4 is 0 Å². The second-order valence-corrected chi connectivity index (χ2v) is 1.69. The molecule has 0 atom stereocenters. The molecule has 0 aliphatic heterocycles.